The number of esters is 1. The number of hydrogen-bond acceptors (Lipinski definition) is 5. The van der Waals surface area contributed by atoms with Gasteiger partial charge in [-0.25, -0.2) is 4.79 Å². The van der Waals surface area contributed by atoms with Gasteiger partial charge in [0.15, 0.2) is 6.61 Å². The van der Waals surface area contributed by atoms with Crippen LogP contribution in [0.3, 0.4) is 0 Å². The van der Waals surface area contributed by atoms with Crippen LogP contribution in [-0.2, 0) is 9.53 Å². The standard InChI is InChI=1S/C15H10Cl2N2O5/c16-12-5-4-9(6-13(12)17)15(21)24-8-14(20)18-10-2-1-3-11(7-10)19(22)23/h1-7H,8H2,(H,18,20). The van der Waals surface area contributed by atoms with Crippen LogP contribution in [0, 0.1) is 10.1 Å². The van der Waals surface area contributed by atoms with Crippen LogP contribution in [0.5, 0.6) is 0 Å². The van der Waals surface area contributed by atoms with Gasteiger partial charge < -0.3 is 10.1 Å². The first-order chi connectivity index (χ1) is 11.4. The van der Waals surface area contributed by atoms with E-state index in [0.29, 0.717) is 0 Å². The Morgan fingerprint density at radius 2 is 1.88 bits per heavy atom. The van der Waals surface area contributed by atoms with Gasteiger partial charge in [0.25, 0.3) is 11.6 Å². The lowest BCUT2D eigenvalue weighted by Gasteiger charge is -2.07. The van der Waals surface area contributed by atoms with E-state index in [9.17, 15) is 19.7 Å². The third kappa shape index (κ3) is 4.68. The fourth-order valence-electron chi connectivity index (χ4n) is 1.73. The molecular weight excluding hydrogens is 359 g/mol. The van der Waals surface area contributed by atoms with E-state index >= 15 is 0 Å². The van der Waals surface area contributed by atoms with Crippen molar-refractivity contribution >= 4 is 46.5 Å². The van der Waals surface area contributed by atoms with E-state index in [0.717, 1.165) is 0 Å². The Hall–Kier alpha value is -2.64. The van der Waals surface area contributed by atoms with Crippen molar-refractivity contribution in [2.45, 2.75) is 0 Å². The monoisotopic (exact) mass is 368 g/mol. The fraction of sp³-hybridized carbons (Fsp3) is 0.0667. The molecule has 0 radical (unpaired) electrons. The topological polar surface area (TPSA) is 98.5 Å². The molecule has 0 saturated carbocycles. The second-order valence-electron chi connectivity index (χ2n) is 4.56. The van der Waals surface area contributed by atoms with E-state index in [1.54, 1.807) is 0 Å². The van der Waals surface area contributed by atoms with E-state index in [1.165, 1.54) is 42.5 Å². The molecule has 0 fully saturated rings. The fourth-order valence-corrected chi connectivity index (χ4v) is 2.03. The van der Waals surface area contributed by atoms with Crippen LogP contribution in [0.1, 0.15) is 10.4 Å². The number of ether oxygens (including phenoxy) is 1. The summed E-state index contributed by atoms with van der Waals surface area (Å²) in [6.07, 6.45) is 0. The largest absolute Gasteiger partial charge is 0.452 e. The van der Waals surface area contributed by atoms with Gasteiger partial charge in [0.05, 0.1) is 20.5 Å². The zero-order valence-corrected chi connectivity index (χ0v) is 13.5. The predicted molar refractivity (Wildman–Crippen MR) is 88.5 cm³/mol. The first-order valence-corrected chi connectivity index (χ1v) is 7.29. The Bertz CT molecular complexity index is 810. The van der Waals surface area contributed by atoms with Crippen molar-refractivity contribution in [3.05, 3.63) is 68.2 Å². The first kappa shape index (κ1) is 17.7. The summed E-state index contributed by atoms with van der Waals surface area (Å²) in [7, 11) is 0. The van der Waals surface area contributed by atoms with Crippen molar-refractivity contribution in [3.8, 4) is 0 Å². The summed E-state index contributed by atoms with van der Waals surface area (Å²) in [5.41, 5.74) is 0.202. The van der Waals surface area contributed by atoms with Crippen molar-refractivity contribution in [2.75, 3.05) is 11.9 Å². The molecule has 0 heterocycles. The molecule has 2 aromatic rings. The minimum atomic E-state index is -0.747. The Labute approximate surface area is 146 Å². The molecule has 1 N–H and O–H groups in total. The molecule has 0 unspecified atom stereocenters. The predicted octanol–water partition coefficient (Wildman–Crippen LogP) is 3.70. The lowest BCUT2D eigenvalue weighted by molar-refractivity contribution is -0.384. The zero-order chi connectivity index (χ0) is 17.7. The van der Waals surface area contributed by atoms with E-state index < -0.39 is 23.4 Å². The average Bonchev–Trinajstić information content (AvgIpc) is 2.55. The SMILES string of the molecule is O=C(COC(=O)c1ccc(Cl)c(Cl)c1)Nc1cccc([N+](=O)[O-])c1. The van der Waals surface area contributed by atoms with Crippen LogP contribution in [0.2, 0.25) is 10.0 Å². The van der Waals surface area contributed by atoms with Crippen molar-refractivity contribution in [3.63, 3.8) is 0 Å². The number of hydrogen-bond donors (Lipinski definition) is 1. The second kappa shape index (κ2) is 7.76. The van der Waals surface area contributed by atoms with Gasteiger partial charge in [-0.3, -0.25) is 14.9 Å². The number of nitrogens with zero attached hydrogens (tertiary/aromatic N) is 1. The van der Waals surface area contributed by atoms with E-state index in [2.05, 4.69) is 5.32 Å². The maximum Gasteiger partial charge on any atom is 0.338 e. The third-order valence-electron chi connectivity index (χ3n) is 2.83. The van der Waals surface area contributed by atoms with Crippen LogP contribution in [0.4, 0.5) is 11.4 Å². The molecule has 2 rings (SSSR count). The second-order valence-corrected chi connectivity index (χ2v) is 5.38. The number of rotatable bonds is 5. The van der Waals surface area contributed by atoms with E-state index in [-0.39, 0.29) is 27.0 Å². The number of amides is 1. The molecule has 0 aliphatic heterocycles. The highest BCUT2D eigenvalue weighted by Gasteiger charge is 2.13. The molecule has 0 spiro atoms. The Kier molecular flexibility index (Phi) is 5.73. The van der Waals surface area contributed by atoms with Gasteiger partial charge in [-0.05, 0) is 24.3 Å². The van der Waals surface area contributed by atoms with Crippen molar-refractivity contribution in [1.82, 2.24) is 0 Å². The smallest absolute Gasteiger partial charge is 0.338 e. The molecule has 9 heteroatoms. The molecule has 1 amide bonds. The minimum absolute atomic E-state index is 0.146. The van der Waals surface area contributed by atoms with Gasteiger partial charge in [0, 0.05) is 17.8 Å². The molecule has 0 bridgehead atoms. The molecule has 24 heavy (non-hydrogen) atoms. The number of carbonyl (C=O) groups is 2. The number of nitro benzene ring substituents is 1. The molecule has 2 aromatic carbocycles. The average molecular weight is 369 g/mol. The van der Waals surface area contributed by atoms with Crippen molar-refractivity contribution in [1.29, 1.82) is 0 Å². The highest BCUT2D eigenvalue weighted by molar-refractivity contribution is 6.42. The van der Waals surface area contributed by atoms with E-state index in [1.807, 2.05) is 0 Å². The van der Waals surface area contributed by atoms with Crippen LogP contribution < -0.4 is 5.32 Å². The number of non-ortho nitro benzene ring substituents is 1. The van der Waals surface area contributed by atoms with Gasteiger partial charge in [-0.15, -0.1) is 0 Å². The van der Waals surface area contributed by atoms with Crippen LogP contribution in [0.25, 0.3) is 0 Å². The van der Waals surface area contributed by atoms with Crippen LogP contribution in [0.15, 0.2) is 42.5 Å². The quantitative estimate of drug-likeness (QED) is 0.492. The molecule has 0 saturated heterocycles. The Balaban J connectivity index is 1.93. The van der Waals surface area contributed by atoms with Gasteiger partial charge >= 0.3 is 5.97 Å². The molecule has 7 nitrogen and oxygen atoms in total. The lowest BCUT2D eigenvalue weighted by Crippen LogP contribution is -2.21. The third-order valence-corrected chi connectivity index (χ3v) is 3.57. The number of benzene rings is 2. The van der Waals surface area contributed by atoms with Gasteiger partial charge in [-0.1, -0.05) is 29.3 Å². The molecule has 0 atom stereocenters. The first-order valence-electron chi connectivity index (χ1n) is 6.53. The van der Waals surface area contributed by atoms with Crippen LogP contribution >= 0.6 is 23.2 Å². The normalized spacial score (nSPS) is 10.1. The van der Waals surface area contributed by atoms with Gasteiger partial charge in [0.1, 0.15) is 0 Å². The summed E-state index contributed by atoms with van der Waals surface area (Å²) in [6.45, 7) is -0.554. The Morgan fingerprint density at radius 1 is 1.12 bits per heavy atom. The van der Waals surface area contributed by atoms with Crippen molar-refractivity contribution in [2.24, 2.45) is 0 Å². The highest BCUT2D eigenvalue weighted by atomic mass is 35.5. The molecule has 0 aromatic heterocycles. The highest BCUT2D eigenvalue weighted by Crippen LogP contribution is 2.23. The number of anilines is 1. The van der Waals surface area contributed by atoms with Crippen molar-refractivity contribution < 1.29 is 19.2 Å². The maximum atomic E-state index is 11.8. The Morgan fingerprint density at radius 3 is 2.54 bits per heavy atom. The summed E-state index contributed by atoms with van der Waals surface area (Å²) in [5.74, 6) is -1.38. The van der Waals surface area contributed by atoms with Gasteiger partial charge in [-0.2, -0.15) is 0 Å². The summed E-state index contributed by atoms with van der Waals surface area (Å²) in [4.78, 5) is 33.6. The molecule has 124 valence electrons. The van der Waals surface area contributed by atoms with E-state index in [4.69, 9.17) is 27.9 Å². The molecule has 0 aliphatic rings. The maximum absolute atomic E-state index is 11.8. The number of halogens is 2. The zero-order valence-electron chi connectivity index (χ0n) is 12.0. The summed E-state index contributed by atoms with van der Waals surface area (Å²) in [6, 6.07) is 9.56. The summed E-state index contributed by atoms with van der Waals surface area (Å²) < 4.78 is 4.85. The minimum Gasteiger partial charge on any atom is -0.452 e. The summed E-state index contributed by atoms with van der Waals surface area (Å²) >= 11 is 11.5. The number of nitrogens with one attached hydrogen (secondary N) is 1. The number of carbonyl (C=O) groups excluding carboxylic acids is 2. The molecular formula is C15H10Cl2N2O5. The molecule has 0 aliphatic carbocycles. The number of nitro groups is 1. The van der Waals surface area contributed by atoms with Crippen LogP contribution in [-0.4, -0.2) is 23.4 Å². The lowest BCUT2D eigenvalue weighted by atomic mass is 10.2. The summed E-state index contributed by atoms with van der Waals surface area (Å²) in [5, 5.41) is 13.5. The van der Waals surface area contributed by atoms with Gasteiger partial charge in [0.2, 0.25) is 0 Å².